The first kappa shape index (κ1) is 12.1. The smallest absolute Gasteiger partial charge is 0.308 e. The van der Waals surface area contributed by atoms with Gasteiger partial charge in [0.05, 0.1) is 0 Å². The highest BCUT2D eigenvalue weighted by Gasteiger charge is 2.30. The fraction of sp³-hybridized carbons (Fsp3) is 0.167. The predicted molar refractivity (Wildman–Crippen MR) is 56.6 cm³/mol. The van der Waals surface area contributed by atoms with Gasteiger partial charge in [-0.05, 0) is 0 Å². The van der Waals surface area contributed by atoms with Crippen LogP contribution in [0.4, 0.5) is 5.82 Å². The Morgan fingerprint density at radius 1 is 1.27 bits per heavy atom. The fourth-order valence-corrected chi connectivity index (χ4v) is 0.871. The summed E-state index contributed by atoms with van der Waals surface area (Å²) in [5.41, 5.74) is -1.46. The van der Waals surface area contributed by atoms with Crippen molar-refractivity contribution in [2.75, 3.05) is 5.32 Å². The third-order valence-electron chi connectivity index (χ3n) is 1.27. The van der Waals surface area contributed by atoms with Crippen LogP contribution in [-0.2, 0) is 4.79 Å². The van der Waals surface area contributed by atoms with Gasteiger partial charge in [-0.1, -0.05) is 34.8 Å². The summed E-state index contributed by atoms with van der Waals surface area (Å²) in [6.45, 7) is 0. The molecule has 1 heterocycles. The van der Waals surface area contributed by atoms with E-state index < -0.39 is 20.9 Å². The Balaban J connectivity index is 2.96. The Kier molecular flexibility index (Phi) is 3.43. The van der Waals surface area contributed by atoms with Crippen LogP contribution in [-0.4, -0.2) is 19.7 Å². The molecule has 0 aliphatic heterocycles. The van der Waals surface area contributed by atoms with Gasteiger partial charge in [0.25, 0.3) is 15.3 Å². The summed E-state index contributed by atoms with van der Waals surface area (Å²) in [6, 6.07) is 0.940. The third kappa shape index (κ3) is 3.58. The minimum atomic E-state index is -2.17. The van der Waals surface area contributed by atoms with Crippen molar-refractivity contribution in [2.24, 2.45) is 0 Å². The van der Waals surface area contributed by atoms with Crippen molar-refractivity contribution >= 4 is 46.5 Å². The number of aromatic amines is 2. The molecule has 0 atom stereocenters. The zero-order valence-corrected chi connectivity index (χ0v) is 9.20. The van der Waals surface area contributed by atoms with Crippen LogP contribution in [0.3, 0.4) is 0 Å². The van der Waals surface area contributed by atoms with Crippen LogP contribution in [0.15, 0.2) is 15.7 Å². The maximum Gasteiger partial charge on any atom is 0.327 e. The van der Waals surface area contributed by atoms with Crippen molar-refractivity contribution in [3.05, 3.63) is 26.9 Å². The number of aromatic nitrogens is 2. The molecule has 0 aliphatic carbocycles. The van der Waals surface area contributed by atoms with Crippen molar-refractivity contribution in [3.63, 3.8) is 0 Å². The number of alkyl halides is 3. The molecule has 0 saturated heterocycles. The lowest BCUT2D eigenvalue weighted by atomic mass is 10.5. The molecule has 1 aromatic rings. The summed E-state index contributed by atoms with van der Waals surface area (Å²) in [6.07, 6.45) is 0. The van der Waals surface area contributed by atoms with Crippen LogP contribution < -0.4 is 16.6 Å². The maximum atomic E-state index is 11.1. The summed E-state index contributed by atoms with van der Waals surface area (Å²) < 4.78 is -2.17. The van der Waals surface area contributed by atoms with Gasteiger partial charge in [-0.3, -0.25) is 19.6 Å². The van der Waals surface area contributed by atoms with Gasteiger partial charge < -0.3 is 5.32 Å². The topological polar surface area (TPSA) is 94.8 Å². The van der Waals surface area contributed by atoms with E-state index in [1.165, 1.54) is 0 Å². The molecule has 0 aromatic carbocycles. The summed E-state index contributed by atoms with van der Waals surface area (Å²) in [5.74, 6) is -1.13. The van der Waals surface area contributed by atoms with Crippen LogP contribution in [0.25, 0.3) is 0 Å². The lowest BCUT2D eigenvalue weighted by molar-refractivity contribution is -0.115. The number of carbonyl (C=O) groups is 1. The van der Waals surface area contributed by atoms with E-state index in [0.717, 1.165) is 6.07 Å². The van der Waals surface area contributed by atoms with E-state index in [-0.39, 0.29) is 5.82 Å². The zero-order chi connectivity index (χ0) is 11.6. The lowest BCUT2D eigenvalue weighted by Crippen LogP contribution is -2.30. The molecule has 0 unspecified atom stereocenters. The van der Waals surface area contributed by atoms with Gasteiger partial charge in [0.1, 0.15) is 5.82 Å². The van der Waals surface area contributed by atoms with Gasteiger partial charge in [-0.2, -0.15) is 0 Å². The molecule has 1 amide bonds. The first-order valence-electron chi connectivity index (χ1n) is 3.51. The van der Waals surface area contributed by atoms with E-state index in [1.54, 1.807) is 0 Å². The molecule has 82 valence electrons. The highest BCUT2D eigenvalue weighted by atomic mass is 35.6. The Morgan fingerprint density at radius 2 is 1.87 bits per heavy atom. The van der Waals surface area contributed by atoms with Crippen molar-refractivity contribution in [2.45, 2.75) is 3.79 Å². The first-order valence-corrected chi connectivity index (χ1v) is 4.64. The molecule has 0 saturated carbocycles. The highest BCUT2D eigenvalue weighted by Crippen LogP contribution is 2.26. The molecule has 6 nitrogen and oxygen atoms in total. The Bertz CT molecular complexity index is 458. The van der Waals surface area contributed by atoms with E-state index in [9.17, 15) is 14.4 Å². The number of halogens is 3. The largest absolute Gasteiger partial charge is 0.327 e. The monoisotopic (exact) mass is 271 g/mol. The second-order valence-corrected chi connectivity index (χ2v) is 4.73. The summed E-state index contributed by atoms with van der Waals surface area (Å²) >= 11 is 15.8. The summed E-state index contributed by atoms with van der Waals surface area (Å²) in [4.78, 5) is 36.8. The Morgan fingerprint density at radius 3 is 2.33 bits per heavy atom. The van der Waals surface area contributed by atoms with E-state index in [2.05, 4.69) is 10.3 Å². The average molecular weight is 272 g/mol. The van der Waals surface area contributed by atoms with Crippen LogP contribution >= 0.6 is 34.8 Å². The maximum absolute atomic E-state index is 11.1. The second kappa shape index (κ2) is 4.26. The van der Waals surface area contributed by atoms with Crippen LogP contribution in [0.5, 0.6) is 0 Å². The van der Waals surface area contributed by atoms with Crippen LogP contribution in [0.2, 0.25) is 0 Å². The van der Waals surface area contributed by atoms with Crippen LogP contribution in [0, 0.1) is 0 Å². The number of nitrogens with one attached hydrogen (secondary N) is 3. The molecule has 15 heavy (non-hydrogen) atoms. The van der Waals surface area contributed by atoms with Crippen molar-refractivity contribution in [3.8, 4) is 0 Å². The average Bonchev–Trinajstić information content (AvgIpc) is 1.99. The molecule has 0 fully saturated rings. The molecule has 1 aromatic heterocycles. The zero-order valence-electron chi connectivity index (χ0n) is 6.94. The Labute approximate surface area is 97.5 Å². The molecule has 0 spiro atoms. The van der Waals surface area contributed by atoms with Gasteiger partial charge in [-0.25, -0.2) is 4.79 Å². The van der Waals surface area contributed by atoms with Gasteiger partial charge in [0, 0.05) is 6.07 Å². The van der Waals surface area contributed by atoms with Gasteiger partial charge >= 0.3 is 5.69 Å². The van der Waals surface area contributed by atoms with Crippen molar-refractivity contribution in [1.82, 2.24) is 9.97 Å². The first-order chi connectivity index (χ1) is 6.79. The molecule has 3 N–H and O–H groups in total. The van der Waals surface area contributed by atoms with Crippen molar-refractivity contribution in [1.29, 1.82) is 0 Å². The molecule has 0 aliphatic rings. The third-order valence-corrected chi connectivity index (χ3v) is 1.78. The van der Waals surface area contributed by atoms with Crippen LogP contribution in [0.1, 0.15) is 0 Å². The van der Waals surface area contributed by atoms with E-state index in [1.807, 2.05) is 4.98 Å². The Hall–Kier alpha value is -0.980. The normalized spacial score (nSPS) is 11.1. The molecular weight excluding hydrogens is 268 g/mol. The van der Waals surface area contributed by atoms with E-state index >= 15 is 0 Å². The molecule has 0 radical (unpaired) electrons. The molecule has 1 rings (SSSR count). The minimum Gasteiger partial charge on any atom is -0.308 e. The quantitative estimate of drug-likeness (QED) is 0.645. The van der Waals surface area contributed by atoms with E-state index in [0.29, 0.717) is 0 Å². The molecular formula is C6H4Cl3N3O3. The predicted octanol–water partition coefficient (Wildman–Crippen LogP) is 0.372. The van der Waals surface area contributed by atoms with E-state index in [4.69, 9.17) is 34.8 Å². The lowest BCUT2D eigenvalue weighted by Gasteiger charge is -2.10. The van der Waals surface area contributed by atoms with Crippen molar-refractivity contribution < 1.29 is 4.79 Å². The standard InChI is InChI=1S/C6H4Cl3N3O3/c7-6(8,9)4(14)10-2-1-3(13)12-5(15)11-2/h1H,(H3,10,11,12,13,14,15). The fourth-order valence-electron chi connectivity index (χ4n) is 0.729. The number of carbonyl (C=O) groups excluding carboxylic acids is 1. The molecule has 0 bridgehead atoms. The van der Waals surface area contributed by atoms with Gasteiger partial charge in [-0.15, -0.1) is 0 Å². The summed E-state index contributed by atoms with van der Waals surface area (Å²) in [7, 11) is 0. The molecule has 9 heteroatoms. The number of rotatable bonds is 1. The summed E-state index contributed by atoms with van der Waals surface area (Å²) in [5, 5.41) is 2.05. The van der Waals surface area contributed by atoms with Gasteiger partial charge in [0.15, 0.2) is 0 Å². The number of hydrogen-bond acceptors (Lipinski definition) is 3. The number of anilines is 1. The SMILES string of the molecule is O=C(Nc1cc(=O)[nH]c(=O)[nH]1)C(Cl)(Cl)Cl. The number of amides is 1. The highest BCUT2D eigenvalue weighted by molar-refractivity contribution is 6.76. The van der Waals surface area contributed by atoms with Gasteiger partial charge in [0.2, 0.25) is 0 Å². The minimum absolute atomic E-state index is 0.153. The second-order valence-electron chi connectivity index (χ2n) is 2.45. The number of H-pyrrole nitrogens is 2. The number of hydrogen-bond donors (Lipinski definition) is 3.